The first-order valence-electron chi connectivity index (χ1n) is 5.41. The van der Waals surface area contributed by atoms with Gasteiger partial charge in [0.1, 0.15) is 5.82 Å². The molecule has 0 spiro atoms. The van der Waals surface area contributed by atoms with E-state index in [2.05, 4.69) is 34.9 Å². The van der Waals surface area contributed by atoms with Crippen LogP contribution in [-0.4, -0.2) is 9.78 Å². The van der Waals surface area contributed by atoms with Crippen molar-refractivity contribution in [3.63, 3.8) is 0 Å². The molecule has 0 unspecified atom stereocenters. The van der Waals surface area contributed by atoms with E-state index in [1.165, 1.54) is 0 Å². The van der Waals surface area contributed by atoms with Crippen molar-refractivity contribution in [3.8, 4) is 5.69 Å². The van der Waals surface area contributed by atoms with E-state index in [9.17, 15) is 0 Å². The van der Waals surface area contributed by atoms with Gasteiger partial charge in [-0.15, -0.1) is 0 Å². The maximum Gasteiger partial charge on any atom is 0.141 e. The van der Waals surface area contributed by atoms with E-state index in [4.69, 9.17) is 28.9 Å². The third kappa shape index (κ3) is 2.37. The van der Waals surface area contributed by atoms with Gasteiger partial charge in [0.25, 0.3) is 0 Å². The van der Waals surface area contributed by atoms with Crippen molar-refractivity contribution >= 4 is 44.9 Å². The molecule has 3 nitrogen and oxygen atoms in total. The fourth-order valence-electron chi connectivity index (χ4n) is 1.61. The highest BCUT2D eigenvalue weighted by Gasteiger charge is 2.17. The summed E-state index contributed by atoms with van der Waals surface area (Å²) in [5, 5.41) is 5.48. The third-order valence-corrected chi connectivity index (χ3v) is 4.13. The molecule has 0 atom stereocenters. The van der Waals surface area contributed by atoms with Crippen LogP contribution in [-0.2, 0) is 0 Å². The molecule has 0 saturated carbocycles. The molecular formula is C12H12BrCl2N3. The Balaban J connectivity index is 2.57. The summed E-state index contributed by atoms with van der Waals surface area (Å²) in [5.41, 5.74) is 7.74. The number of benzene rings is 1. The first kappa shape index (κ1) is 13.7. The smallest absolute Gasteiger partial charge is 0.141 e. The fourth-order valence-corrected chi connectivity index (χ4v) is 2.61. The van der Waals surface area contributed by atoms with Gasteiger partial charge < -0.3 is 5.73 Å². The lowest BCUT2D eigenvalue weighted by molar-refractivity contribution is 0.769. The first-order valence-corrected chi connectivity index (χ1v) is 6.96. The predicted octanol–water partition coefficient (Wildman–Crippen LogP) is 4.65. The van der Waals surface area contributed by atoms with Gasteiger partial charge in [-0.25, -0.2) is 4.68 Å². The lowest BCUT2D eigenvalue weighted by Crippen LogP contribution is -2.02. The van der Waals surface area contributed by atoms with Gasteiger partial charge in [0, 0.05) is 0 Å². The molecule has 0 aliphatic rings. The van der Waals surface area contributed by atoms with Crippen molar-refractivity contribution in [2.75, 3.05) is 5.73 Å². The zero-order valence-electron chi connectivity index (χ0n) is 9.92. The van der Waals surface area contributed by atoms with Gasteiger partial charge in [-0.2, -0.15) is 5.10 Å². The molecule has 2 N–H and O–H groups in total. The van der Waals surface area contributed by atoms with E-state index in [0.717, 1.165) is 15.9 Å². The third-order valence-electron chi connectivity index (χ3n) is 2.58. The number of aromatic nitrogens is 2. The molecule has 0 saturated heterocycles. The highest BCUT2D eigenvalue weighted by Crippen LogP contribution is 2.32. The van der Waals surface area contributed by atoms with E-state index in [-0.39, 0.29) is 5.92 Å². The Morgan fingerprint density at radius 3 is 2.44 bits per heavy atom. The van der Waals surface area contributed by atoms with Gasteiger partial charge in [-0.05, 0) is 40.0 Å². The summed E-state index contributed by atoms with van der Waals surface area (Å²) < 4.78 is 2.48. The second-order valence-electron chi connectivity index (χ2n) is 4.25. The summed E-state index contributed by atoms with van der Waals surface area (Å²) in [5.74, 6) is 0.836. The molecule has 18 heavy (non-hydrogen) atoms. The lowest BCUT2D eigenvalue weighted by atomic mass is 10.1. The Kier molecular flexibility index (Phi) is 3.90. The highest BCUT2D eigenvalue weighted by molar-refractivity contribution is 9.10. The van der Waals surface area contributed by atoms with E-state index < -0.39 is 0 Å². The molecule has 2 rings (SSSR count). The van der Waals surface area contributed by atoms with Crippen molar-refractivity contribution in [1.82, 2.24) is 9.78 Å². The number of hydrogen-bond acceptors (Lipinski definition) is 2. The lowest BCUT2D eigenvalue weighted by Gasteiger charge is -2.05. The molecule has 6 heteroatoms. The van der Waals surface area contributed by atoms with Gasteiger partial charge in [-0.1, -0.05) is 37.0 Å². The molecule has 0 fully saturated rings. The van der Waals surface area contributed by atoms with Crippen LogP contribution in [0, 0.1) is 0 Å². The summed E-state index contributed by atoms with van der Waals surface area (Å²) in [6, 6.07) is 5.29. The van der Waals surface area contributed by atoms with Crippen LogP contribution in [0.15, 0.2) is 22.7 Å². The maximum atomic E-state index is 6.04. The van der Waals surface area contributed by atoms with E-state index >= 15 is 0 Å². The number of hydrogen-bond donors (Lipinski definition) is 1. The molecule has 0 bridgehead atoms. The van der Waals surface area contributed by atoms with Crippen LogP contribution in [0.4, 0.5) is 5.82 Å². The molecule has 1 aromatic carbocycles. The number of nitrogens with zero attached hydrogens (tertiary/aromatic N) is 2. The summed E-state index contributed by atoms with van der Waals surface area (Å²) >= 11 is 15.4. The predicted molar refractivity (Wildman–Crippen MR) is 79.8 cm³/mol. The van der Waals surface area contributed by atoms with Crippen LogP contribution in [0.5, 0.6) is 0 Å². The second-order valence-corrected chi connectivity index (χ2v) is 5.86. The van der Waals surface area contributed by atoms with E-state index in [1.807, 2.05) is 6.07 Å². The largest absolute Gasteiger partial charge is 0.383 e. The van der Waals surface area contributed by atoms with Gasteiger partial charge in [0.15, 0.2) is 0 Å². The average molecular weight is 349 g/mol. The minimum atomic E-state index is 0.283. The second kappa shape index (κ2) is 5.11. The van der Waals surface area contributed by atoms with Gasteiger partial charge in [-0.3, -0.25) is 0 Å². The van der Waals surface area contributed by atoms with Crippen LogP contribution < -0.4 is 5.73 Å². The maximum absolute atomic E-state index is 6.04. The molecule has 0 radical (unpaired) electrons. The zero-order chi connectivity index (χ0) is 13.4. The molecule has 0 amide bonds. The Morgan fingerprint density at radius 2 is 1.94 bits per heavy atom. The molecule has 0 aliphatic carbocycles. The Labute approximate surface area is 124 Å². The van der Waals surface area contributed by atoms with Crippen molar-refractivity contribution < 1.29 is 0 Å². The molecular weight excluding hydrogens is 337 g/mol. The molecule has 0 aliphatic heterocycles. The minimum Gasteiger partial charge on any atom is -0.383 e. The van der Waals surface area contributed by atoms with Gasteiger partial charge >= 0.3 is 0 Å². The zero-order valence-corrected chi connectivity index (χ0v) is 13.0. The summed E-state index contributed by atoms with van der Waals surface area (Å²) in [6.45, 7) is 4.12. The molecule has 1 aromatic heterocycles. The van der Waals surface area contributed by atoms with Gasteiger partial charge in [0.05, 0.1) is 25.9 Å². The Morgan fingerprint density at radius 1 is 1.28 bits per heavy atom. The number of rotatable bonds is 2. The van der Waals surface area contributed by atoms with Crippen LogP contribution in [0.25, 0.3) is 5.69 Å². The van der Waals surface area contributed by atoms with Gasteiger partial charge in [0.2, 0.25) is 0 Å². The summed E-state index contributed by atoms with van der Waals surface area (Å²) in [6.07, 6.45) is 0. The van der Waals surface area contributed by atoms with Crippen LogP contribution >= 0.6 is 39.1 Å². The first-order chi connectivity index (χ1) is 8.41. The topological polar surface area (TPSA) is 43.8 Å². The van der Waals surface area contributed by atoms with E-state index in [0.29, 0.717) is 15.9 Å². The Bertz CT molecular complexity index is 593. The average Bonchev–Trinajstić information content (AvgIpc) is 2.60. The quantitative estimate of drug-likeness (QED) is 0.858. The van der Waals surface area contributed by atoms with Crippen molar-refractivity contribution in [3.05, 3.63) is 38.4 Å². The Hall–Kier alpha value is -0.710. The van der Waals surface area contributed by atoms with Crippen LogP contribution in [0.1, 0.15) is 25.5 Å². The summed E-state index contributed by atoms with van der Waals surface area (Å²) in [7, 11) is 0. The monoisotopic (exact) mass is 347 g/mol. The minimum absolute atomic E-state index is 0.283. The molecule has 96 valence electrons. The number of halogens is 3. The SMILES string of the molecule is CC(C)c1nn(-c2ccc(Cl)c(Cl)c2)c(N)c1Br. The number of anilines is 1. The standard InChI is InChI=1S/C12H12BrCl2N3/c1-6(2)11-10(13)12(16)18(17-11)7-3-4-8(14)9(15)5-7/h3-6H,16H2,1-2H3. The van der Waals surface area contributed by atoms with Crippen molar-refractivity contribution in [1.29, 1.82) is 0 Å². The summed E-state index contributed by atoms with van der Waals surface area (Å²) in [4.78, 5) is 0. The van der Waals surface area contributed by atoms with E-state index in [1.54, 1.807) is 16.8 Å². The molecule has 1 heterocycles. The van der Waals surface area contributed by atoms with Crippen LogP contribution in [0.3, 0.4) is 0 Å². The van der Waals surface area contributed by atoms with Crippen molar-refractivity contribution in [2.24, 2.45) is 0 Å². The van der Waals surface area contributed by atoms with Crippen molar-refractivity contribution in [2.45, 2.75) is 19.8 Å². The molecule has 2 aromatic rings. The highest BCUT2D eigenvalue weighted by atomic mass is 79.9. The fraction of sp³-hybridized carbons (Fsp3) is 0.250. The normalized spacial score (nSPS) is 11.2. The number of nitrogens with two attached hydrogens (primary N) is 1. The number of nitrogen functional groups attached to an aromatic ring is 1. The van der Waals surface area contributed by atoms with Crippen LogP contribution in [0.2, 0.25) is 10.0 Å².